The highest BCUT2D eigenvalue weighted by Gasteiger charge is 2.30. The van der Waals surface area contributed by atoms with Gasteiger partial charge in [-0.05, 0) is 30.5 Å². The van der Waals surface area contributed by atoms with Gasteiger partial charge >= 0.3 is 0 Å². The number of nitriles is 2. The van der Waals surface area contributed by atoms with Crippen LogP contribution in [-0.4, -0.2) is 35.7 Å². The number of rotatable bonds is 7. The molecule has 4 N–H and O–H groups in total. The van der Waals surface area contributed by atoms with E-state index in [0.29, 0.717) is 62.8 Å². The third kappa shape index (κ3) is 5.24. The Morgan fingerprint density at radius 3 is 2.55 bits per heavy atom. The van der Waals surface area contributed by atoms with Crippen LogP contribution in [0, 0.1) is 40.9 Å². The van der Waals surface area contributed by atoms with Crippen LogP contribution in [0.25, 0.3) is 10.9 Å². The van der Waals surface area contributed by atoms with E-state index >= 15 is 0 Å². The highest BCUT2D eigenvalue weighted by atomic mass is 19.1. The lowest BCUT2D eigenvalue weighted by atomic mass is 9.96. The molecular weight excluding hydrogens is 485 g/mol. The van der Waals surface area contributed by atoms with Crippen LogP contribution >= 0.6 is 0 Å². The van der Waals surface area contributed by atoms with E-state index < -0.39 is 12.0 Å². The summed E-state index contributed by atoms with van der Waals surface area (Å²) in [6, 6.07) is 10.4. The zero-order chi connectivity index (χ0) is 27.6. The fourth-order valence-corrected chi connectivity index (χ4v) is 4.29. The van der Waals surface area contributed by atoms with Gasteiger partial charge in [0, 0.05) is 42.1 Å². The summed E-state index contributed by atoms with van der Waals surface area (Å²) in [5, 5.41) is 28.9. The smallest absolute Gasteiger partial charge is 0.228 e. The second kappa shape index (κ2) is 10.4. The van der Waals surface area contributed by atoms with Crippen LogP contribution in [0.5, 0.6) is 0 Å². The molecule has 0 fully saturated rings. The van der Waals surface area contributed by atoms with Crippen LogP contribution in [0.3, 0.4) is 0 Å². The summed E-state index contributed by atoms with van der Waals surface area (Å²) in [4.78, 5) is 8.42. The molecule has 2 aromatic heterocycles. The Balaban J connectivity index is 1.90. The van der Waals surface area contributed by atoms with Crippen LogP contribution in [0.2, 0.25) is 0 Å². The van der Waals surface area contributed by atoms with Crippen molar-refractivity contribution in [1.82, 2.24) is 25.9 Å². The molecule has 4 rings (SSSR count). The van der Waals surface area contributed by atoms with Gasteiger partial charge < -0.3 is 20.8 Å². The second-order valence-electron chi connectivity index (χ2n) is 10.2. The molecule has 0 bridgehead atoms. The number of nitrogens with zero attached hydrogens (tertiary/aromatic N) is 5. The summed E-state index contributed by atoms with van der Waals surface area (Å²) in [6.07, 6.45) is 1.48. The Kier molecular flexibility index (Phi) is 7.24. The number of nitrogens with one attached hydrogen (secondary N) is 4. The van der Waals surface area contributed by atoms with Gasteiger partial charge in [0.1, 0.15) is 23.9 Å². The van der Waals surface area contributed by atoms with E-state index in [1.54, 1.807) is 38.2 Å². The number of hydrogen-bond acceptors (Lipinski definition) is 10. The zero-order valence-electron chi connectivity index (χ0n) is 22.2. The highest BCUT2D eigenvalue weighted by molar-refractivity contribution is 5.99. The van der Waals surface area contributed by atoms with Gasteiger partial charge in [-0.2, -0.15) is 14.9 Å². The van der Waals surface area contributed by atoms with Gasteiger partial charge in [-0.3, -0.25) is 9.99 Å². The molecule has 11 heteroatoms. The molecule has 1 aliphatic rings. The largest absolute Gasteiger partial charge is 0.480 e. The van der Waals surface area contributed by atoms with Crippen molar-refractivity contribution < 1.29 is 9.13 Å². The number of methoxy groups -OCH3 is 1. The van der Waals surface area contributed by atoms with Crippen LogP contribution in [-0.2, 0) is 4.74 Å². The summed E-state index contributed by atoms with van der Waals surface area (Å²) < 4.78 is 19.5. The van der Waals surface area contributed by atoms with Crippen LogP contribution in [0.1, 0.15) is 49.2 Å². The quantitative estimate of drug-likeness (QED) is 0.339. The number of halogens is 1. The lowest BCUT2D eigenvalue weighted by Gasteiger charge is -2.24. The SMILES string of the molecule is COC1=C(C(Nc2cc(C#N)c3ncc(C#N)c(NCC(C)(C)C)c3c2)c2ccc(F)nc2C)NNN1C. The summed E-state index contributed by atoms with van der Waals surface area (Å²) in [5.74, 6) is -0.0591. The van der Waals surface area contributed by atoms with Gasteiger partial charge in [0.2, 0.25) is 11.8 Å². The number of aryl methyl sites for hydroxylation is 1. The molecule has 3 aromatic rings. The van der Waals surface area contributed by atoms with Gasteiger partial charge in [-0.15, -0.1) is 5.53 Å². The second-order valence-corrected chi connectivity index (χ2v) is 10.2. The van der Waals surface area contributed by atoms with E-state index in [2.05, 4.69) is 64.5 Å². The first kappa shape index (κ1) is 26.5. The molecule has 1 atom stereocenters. The minimum atomic E-state index is -0.581. The lowest BCUT2D eigenvalue weighted by Crippen LogP contribution is -2.36. The Bertz CT molecular complexity index is 1500. The maximum Gasteiger partial charge on any atom is 0.228 e. The number of benzene rings is 1. The highest BCUT2D eigenvalue weighted by Crippen LogP contribution is 2.35. The maximum absolute atomic E-state index is 13.9. The summed E-state index contributed by atoms with van der Waals surface area (Å²) in [7, 11) is 3.34. The predicted molar refractivity (Wildman–Crippen MR) is 142 cm³/mol. The van der Waals surface area contributed by atoms with E-state index in [9.17, 15) is 14.9 Å². The molecule has 1 aliphatic heterocycles. The van der Waals surface area contributed by atoms with Crippen molar-refractivity contribution in [3.63, 3.8) is 0 Å². The van der Waals surface area contributed by atoms with Crippen LogP contribution < -0.4 is 21.6 Å². The Morgan fingerprint density at radius 1 is 1.18 bits per heavy atom. The average molecular weight is 516 g/mol. The number of ether oxygens (including phenoxy) is 1. The maximum atomic E-state index is 13.9. The Morgan fingerprint density at radius 2 is 1.92 bits per heavy atom. The number of hydrazine groups is 2. The Hall–Kier alpha value is -4.61. The van der Waals surface area contributed by atoms with Crippen molar-refractivity contribution in [1.29, 1.82) is 10.5 Å². The molecule has 0 saturated carbocycles. The van der Waals surface area contributed by atoms with Crippen molar-refractivity contribution in [2.75, 3.05) is 31.3 Å². The van der Waals surface area contributed by atoms with Gasteiger partial charge in [0.05, 0.1) is 29.4 Å². The van der Waals surface area contributed by atoms with Gasteiger partial charge in [0.15, 0.2) is 0 Å². The number of hydrogen-bond donors (Lipinski definition) is 4. The fourth-order valence-electron chi connectivity index (χ4n) is 4.29. The molecular formula is C27H30FN9O. The third-order valence-electron chi connectivity index (χ3n) is 6.10. The van der Waals surface area contributed by atoms with Gasteiger partial charge in [-0.25, -0.2) is 4.98 Å². The van der Waals surface area contributed by atoms with E-state index in [0.717, 1.165) is 0 Å². The van der Waals surface area contributed by atoms with Crippen molar-refractivity contribution in [3.8, 4) is 12.1 Å². The average Bonchev–Trinajstić information content (AvgIpc) is 3.25. The molecule has 0 saturated heterocycles. The monoisotopic (exact) mass is 515 g/mol. The lowest BCUT2D eigenvalue weighted by molar-refractivity contribution is 0.149. The number of fused-ring (bicyclic) bond motifs is 1. The molecule has 0 radical (unpaired) electrons. The van der Waals surface area contributed by atoms with E-state index in [1.165, 1.54) is 12.3 Å². The van der Waals surface area contributed by atoms with E-state index in [1.807, 2.05) is 6.07 Å². The molecule has 3 heterocycles. The molecule has 196 valence electrons. The molecule has 0 aliphatic carbocycles. The van der Waals surface area contributed by atoms with E-state index in [4.69, 9.17) is 4.74 Å². The van der Waals surface area contributed by atoms with Crippen LogP contribution in [0.4, 0.5) is 15.8 Å². The summed E-state index contributed by atoms with van der Waals surface area (Å²) >= 11 is 0. The molecule has 0 spiro atoms. The van der Waals surface area contributed by atoms with Crippen molar-refractivity contribution >= 4 is 22.3 Å². The number of anilines is 2. The fraction of sp³-hybridized carbons (Fsp3) is 0.333. The van der Waals surface area contributed by atoms with Crippen molar-refractivity contribution in [3.05, 3.63) is 70.4 Å². The topological polar surface area (TPSA) is 134 Å². The van der Waals surface area contributed by atoms with Crippen molar-refractivity contribution in [2.45, 2.75) is 33.7 Å². The van der Waals surface area contributed by atoms with Gasteiger partial charge in [0.25, 0.3) is 0 Å². The molecule has 0 amide bonds. The number of aromatic nitrogens is 2. The first-order valence-electron chi connectivity index (χ1n) is 12.0. The van der Waals surface area contributed by atoms with Crippen LogP contribution in [0.15, 0.2) is 42.0 Å². The molecule has 1 unspecified atom stereocenters. The van der Waals surface area contributed by atoms with Gasteiger partial charge in [-0.1, -0.05) is 26.8 Å². The normalized spacial score (nSPS) is 14.1. The summed E-state index contributed by atoms with van der Waals surface area (Å²) in [5.41, 5.74) is 10.3. The molecule has 1 aromatic carbocycles. The zero-order valence-corrected chi connectivity index (χ0v) is 22.2. The van der Waals surface area contributed by atoms with Crippen molar-refractivity contribution in [2.24, 2.45) is 5.41 Å². The molecule has 10 nitrogen and oxygen atoms in total. The minimum absolute atomic E-state index is 0.0510. The summed E-state index contributed by atoms with van der Waals surface area (Å²) in [6.45, 7) is 8.61. The minimum Gasteiger partial charge on any atom is -0.480 e. The number of pyridine rings is 2. The van der Waals surface area contributed by atoms with E-state index in [-0.39, 0.29) is 5.41 Å². The Labute approximate surface area is 221 Å². The third-order valence-corrected chi connectivity index (χ3v) is 6.10. The first-order chi connectivity index (χ1) is 18.1. The predicted octanol–water partition coefficient (Wildman–Crippen LogP) is 4.20. The standard InChI is InChI=1S/C27H30FN9O/c1-15-19(7-8-21(28)33-15)24(25-26(38-6)37(5)36-35-25)34-18-9-16(11-29)22-20(10-18)23(17(12-30)13-31-22)32-14-27(2,3)4/h7-10,13,24,34-36H,14H2,1-6H3,(H,31,32). The molecule has 38 heavy (non-hydrogen) atoms. The first-order valence-corrected chi connectivity index (χ1v) is 12.0.